The molecule has 0 rings (SSSR count). The van der Waals surface area contributed by atoms with Crippen LogP contribution in [0, 0.1) is 0 Å². The Morgan fingerprint density at radius 2 is 1.93 bits per heavy atom. The average molecular weight is 237 g/mol. The predicted molar refractivity (Wildman–Crippen MR) is 62.9 cm³/mol. The Hall–Kier alpha value is -0.130. The smallest absolute Gasteiger partial charge is 0.153 e. The molecule has 0 bridgehead atoms. The Morgan fingerprint density at radius 1 is 1.33 bits per heavy atom. The highest BCUT2D eigenvalue weighted by Gasteiger charge is 2.21. The summed E-state index contributed by atoms with van der Waals surface area (Å²) in [7, 11) is 0.467. The molecule has 92 valence electrons. The number of hydrogen-bond acceptors (Lipinski definition) is 4. The maximum absolute atomic E-state index is 11.8. The predicted octanol–water partition coefficient (Wildman–Crippen LogP) is 0.824. The second-order valence-corrected chi connectivity index (χ2v) is 6.49. The van der Waals surface area contributed by atoms with E-state index in [1.54, 1.807) is 14.0 Å². The number of nitrogens with one attached hydrogen (secondary N) is 1. The summed E-state index contributed by atoms with van der Waals surface area (Å²) in [6.45, 7) is 4.27. The van der Waals surface area contributed by atoms with Crippen LogP contribution in [0.3, 0.4) is 0 Å². The van der Waals surface area contributed by atoms with E-state index < -0.39 is 9.84 Å². The van der Waals surface area contributed by atoms with E-state index in [1.807, 2.05) is 14.0 Å². The van der Waals surface area contributed by atoms with Crippen molar-refractivity contribution in [3.05, 3.63) is 0 Å². The standard InChI is InChI=1S/C10H23NO3S/c1-9(11-3)8-10(2)15(12,13)7-5-6-14-4/h9-11H,5-8H2,1-4H3. The van der Waals surface area contributed by atoms with E-state index in [4.69, 9.17) is 4.74 Å². The largest absolute Gasteiger partial charge is 0.385 e. The van der Waals surface area contributed by atoms with Gasteiger partial charge in [-0.2, -0.15) is 0 Å². The van der Waals surface area contributed by atoms with Crippen LogP contribution in [0.2, 0.25) is 0 Å². The second-order valence-electron chi connectivity index (χ2n) is 3.95. The fourth-order valence-corrected chi connectivity index (χ4v) is 2.87. The van der Waals surface area contributed by atoms with Gasteiger partial charge in [0.15, 0.2) is 9.84 Å². The molecule has 0 saturated carbocycles. The van der Waals surface area contributed by atoms with E-state index in [0.29, 0.717) is 19.4 Å². The third kappa shape index (κ3) is 6.12. The molecule has 15 heavy (non-hydrogen) atoms. The summed E-state index contributed by atoms with van der Waals surface area (Å²) in [4.78, 5) is 0. The first kappa shape index (κ1) is 14.9. The lowest BCUT2D eigenvalue weighted by Crippen LogP contribution is -2.31. The van der Waals surface area contributed by atoms with Crippen LogP contribution in [-0.2, 0) is 14.6 Å². The van der Waals surface area contributed by atoms with E-state index in [2.05, 4.69) is 5.32 Å². The molecule has 0 amide bonds. The summed E-state index contributed by atoms with van der Waals surface area (Å²) < 4.78 is 28.4. The van der Waals surface area contributed by atoms with Gasteiger partial charge in [-0.05, 0) is 33.7 Å². The molecule has 0 saturated heterocycles. The zero-order valence-corrected chi connectivity index (χ0v) is 10.9. The Bertz CT molecular complexity index is 251. The van der Waals surface area contributed by atoms with E-state index in [0.717, 1.165) is 0 Å². The van der Waals surface area contributed by atoms with Gasteiger partial charge in [0.2, 0.25) is 0 Å². The lowest BCUT2D eigenvalue weighted by molar-refractivity contribution is 0.199. The molecule has 0 aliphatic carbocycles. The van der Waals surface area contributed by atoms with Crippen LogP contribution in [0.4, 0.5) is 0 Å². The van der Waals surface area contributed by atoms with Crippen LogP contribution in [0.25, 0.3) is 0 Å². The zero-order valence-electron chi connectivity index (χ0n) is 10.1. The van der Waals surface area contributed by atoms with Gasteiger partial charge in [-0.1, -0.05) is 0 Å². The zero-order chi connectivity index (χ0) is 11.9. The van der Waals surface area contributed by atoms with E-state index in [1.165, 1.54) is 0 Å². The maximum Gasteiger partial charge on any atom is 0.153 e. The van der Waals surface area contributed by atoms with E-state index >= 15 is 0 Å². The maximum atomic E-state index is 11.8. The molecule has 2 unspecified atom stereocenters. The number of ether oxygens (including phenoxy) is 1. The molecule has 2 atom stereocenters. The molecular formula is C10H23NO3S. The van der Waals surface area contributed by atoms with Crippen molar-refractivity contribution >= 4 is 9.84 Å². The van der Waals surface area contributed by atoms with Crippen molar-refractivity contribution in [2.45, 2.75) is 38.0 Å². The first-order chi connectivity index (χ1) is 6.94. The summed E-state index contributed by atoms with van der Waals surface area (Å²) in [5, 5.41) is 2.77. The summed E-state index contributed by atoms with van der Waals surface area (Å²) in [6, 6.07) is 0.234. The Kier molecular flexibility index (Phi) is 7.13. The van der Waals surface area contributed by atoms with Crippen molar-refractivity contribution < 1.29 is 13.2 Å². The van der Waals surface area contributed by atoms with Crippen LogP contribution >= 0.6 is 0 Å². The molecule has 0 aliphatic rings. The Labute approximate surface area is 93.3 Å². The van der Waals surface area contributed by atoms with Crippen molar-refractivity contribution in [1.29, 1.82) is 0 Å². The Morgan fingerprint density at radius 3 is 2.40 bits per heavy atom. The lowest BCUT2D eigenvalue weighted by atomic mass is 10.2. The van der Waals surface area contributed by atoms with Gasteiger partial charge < -0.3 is 10.1 Å². The van der Waals surface area contributed by atoms with E-state index in [9.17, 15) is 8.42 Å². The van der Waals surface area contributed by atoms with Gasteiger partial charge >= 0.3 is 0 Å². The molecule has 0 aliphatic heterocycles. The minimum absolute atomic E-state index is 0.221. The van der Waals surface area contributed by atoms with Crippen molar-refractivity contribution in [2.75, 3.05) is 26.5 Å². The first-order valence-electron chi connectivity index (χ1n) is 5.31. The van der Waals surface area contributed by atoms with Crippen LogP contribution < -0.4 is 5.32 Å². The summed E-state index contributed by atoms with van der Waals surface area (Å²) in [6.07, 6.45) is 1.24. The highest BCUT2D eigenvalue weighted by Crippen LogP contribution is 2.10. The average Bonchev–Trinajstić information content (AvgIpc) is 2.17. The monoisotopic (exact) mass is 237 g/mol. The minimum atomic E-state index is -2.96. The molecule has 0 aromatic carbocycles. The highest BCUT2D eigenvalue weighted by atomic mass is 32.2. The molecule has 0 aromatic heterocycles. The fraction of sp³-hybridized carbons (Fsp3) is 1.00. The SMILES string of the molecule is CNC(C)CC(C)S(=O)(=O)CCCOC. The molecule has 0 aromatic rings. The number of methoxy groups -OCH3 is 1. The van der Waals surface area contributed by atoms with Gasteiger partial charge in [0, 0.05) is 19.8 Å². The lowest BCUT2D eigenvalue weighted by Gasteiger charge is -2.17. The number of hydrogen-bond donors (Lipinski definition) is 1. The van der Waals surface area contributed by atoms with Crippen LogP contribution in [0.5, 0.6) is 0 Å². The summed E-state index contributed by atoms with van der Waals surface area (Å²) >= 11 is 0. The third-order valence-electron chi connectivity index (χ3n) is 2.57. The van der Waals surface area contributed by atoms with Gasteiger partial charge in [-0.15, -0.1) is 0 Å². The van der Waals surface area contributed by atoms with Crippen molar-refractivity contribution in [3.63, 3.8) is 0 Å². The van der Waals surface area contributed by atoms with Gasteiger partial charge in [0.05, 0.1) is 11.0 Å². The molecular weight excluding hydrogens is 214 g/mol. The quantitative estimate of drug-likeness (QED) is 0.635. The molecule has 0 fully saturated rings. The first-order valence-corrected chi connectivity index (χ1v) is 7.03. The van der Waals surface area contributed by atoms with Crippen LogP contribution in [0.1, 0.15) is 26.7 Å². The Balaban J connectivity index is 4.08. The normalized spacial score (nSPS) is 16.3. The van der Waals surface area contributed by atoms with Crippen molar-refractivity contribution in [1.82, 2.24) is 5.32 Å². The molecule has 4 nitrogen and oxygen atoms in total. The van der Waals surface area contributed by atoms with Gasteiger partial charge in [0.1, 0.15) is 0 Å². The van der Waals surface area contributed by atoms with Crippen LogP contribution in [0.15, 0.2) is 0 Å². The van der Waals surface area contributed by atoms with Gasteiger partial charge in [-0.3, -0.25) is 0 Å². The van der Waals surface area contributed by atoms with Crippen molar-refractivity contribution in [2.24, 2.45) is 0 Å². The van der Waals surface area contributed by atoms with Gasteiger partial charge in [0.25, 0.3) is 0 Å². The van der Waals surface area contributed by atoms with Crippen LogP contribution in [-0.4, -0.2) is 46.2 Å². The topological polar surface area (TPSA) is 55.4 Å². The van der Waals surface area contributed by atoms with Crippen molar-refractivity contribution in [3.8, 4) is 0 Å². The molecule has 1 N–H and O–H groups in total. The number of rotatable bonds is 8. The summed E-state index contributed by atoms with van der Waals surface area (Å²) in [5.41, 5.74) is 0. The minimum Gasteiger partial charge on any atom is -0.385 e. The molecule has 5 heteroatoms. The summed E-state index contributed by atoms with van der Waals surface area (Å²) in [5.74, 6) is 0.221. The molecule has 0 heterocycles. The van der Waals surface area contributed by atoms with E-state index in [-0.39, 0.29) is 17.0 Å². The highest BCUT2D eigenvalue weighted by molar-refractivity contribution is 7.92. The second kappa shape index (κ2) is 7.19. The number of sulfone groups is 1. The molecule has 0 spiro atoms. The van der Waals surface area contributed by atoms with Gasteiger partial charge in [-0.25, -0.2) is 8.42 Å². The molecule has 0 radical (unpaired) electrons. The third-order valence-corrected chi connectivity index (χ3v) is 4.84. The fourth-order valence-electron chi connectivity index (χ4n) is 1.37.